The number of benzene rings is 3. The highest BCUT2D eigenvalue weighted by Crippen LogP contribution is 2.31. The van der Waals surface area contributed by atoms with Crippen molar-refractivity contribution in [3.05, 3.63) is 84.7 Å². The zero-order valence-electron chi connectivity index (χ0n) is 10.4. The van der Waals surface area contributed by atoms with Crippen LogP contribution in [0.2, 0.25) is 0 Å². The molecule has 0 N–H and O–H groups in total. The van der Waals surface area contributed by atoms with Gasteiger partial charge in [-0.1, -0.05) is 66.7 Å². The summed E-state index contributed by atoms with van der Waals surface area (Å²) in [5.74, 6) is -0.208. The van der Waals surface area contributed by atoms with Gasteiger partial charge in [0.15, 0.2) is 0 Å². The predicted octanol–water partition coefficient (Wildman–Crippen LogP) is 5.16. The van der Waals surface area contributed by atoms with Gasteiger partial charge in [-0.2, -0.15) is 0 Å². The SMILES string of the molecule is Fc1cccc(-c2ccccc2-c2ccccc2)c1. The first-order chi connectivity index (χ1) is 9.34. The van der Waals surface area contributed by atoms with E-state index in [-0.39, 0.29) is 5.82 Å². The van der Waals surface area contributed by atoms with E-state index in [1.54, 1.807) is 12.1 Å². The minimum absolute atomic E-state index is 0.208. The van der Waals surface area contributed by atoms with Crippen molar-refractivity contribution in [2.75, 3.05) is 0 Å². The molecule has 3 rings (SSSR count). The highest BCUT2D eigenvalue weighted by atomic mass is 19.1. The maximum absolute atomic E-state index is 13.4. The molecule has 0 unspecified atom stereocenters. The van der Waals surface area contributed by atoms with E-state index < -0.39 is 0 Å². The molecule has 0 fully saturated rings. The fourth-order valence-electron chi connectivity index (χ4n) is 2.26. The second kappa shape index (κ2) is 5.07. The van der Waals surface area contributed by atoms with E-state index in [0.717, 1.165) is 22.3 Å². The quantitative estimate of drug-likeness (QED) is 0.587. The van der Waals surface area contributed by atoms with Crippen molar-refractivity contribution in [3.63, 3.8) is 0 Å². The summed E-state index contributed by atoms with van der Waals surface area (Å²) in [7, 11) is 0. The molecule has 0 saturated heterocycles. The molecule has 0 aromatic heterocycles. The van der Waals surface area contributed by atoms with Crippen LogP contribution in [0.4, 0.5) is 4.39 Å². The molecule has 3 aromatic carbocycles. The number of hydrogen-bond donors (Lipinski definition) is 0. The highest BCUT2D eigenvalue weighted by Gasteiger charge is 2.06. The fourth-order valence-corrected chi connectivity index (χ4v) is 2.26. The van der Waals surface area contributed by atoms with Gasteiger partial charge in [-0.25, -0.2) is 4.39 Å². The molecule has 0 spiro atoms. The Bertz CT molecular complexity index is 687. The Morgan fingerprint density at radius 1 is 0.526 bits per heavy atom. The molecule has 3 aromatic rings. The first-order valence-corrected chi connectivity index (χ1v) is 6.25. The van der Waals surface area contributed by atoms with Crippen molar-refractivity contribution in [2.24, 2.45) is 0 Å². The molecule has 19 heavy (non-hydrogen) atoms. The molecule has 0 aliphatic carbocycles. The minimum atomic E-state index is -0.208. The van der Waals surface area contributed by atoms with E-state index in [2.05, 4.69) is 18.2 Å². The summed E-state index contributed by atoms with van der Waals surface area (Å²) >= 11 is 0. The van der Waals surface area contributed by atoms with Crippen molar-refractivity contribution >= 4 is 0 Å². The lowest BCUT2D eigenvalue weighted by atomic mass is 9.95. The van der Waals surface area contributed by atoms with Crippen LogP contribution in [-0.2, 0) is 0 Å². The topological polar surface area (TPSA) is 0 Å². The molecule has 0 bridgehead atoms. The van der Waals surface area contributed by atoms with Crippen LogP contribution in [0.25, 0.3) is 22.3 Å². The van der Waals surface area contributed by atoms with Crippen molar-refractivity contribution < 1.29 is 4.39 Å². The Kier molecular flexibility index (Phi) is 3.11. The van der Waals surface area contributed by atoms with Gasteiger partial charge in [0.2, 0.25) is 0 Å². The number of halogens is 1. The van der Waals surface area contributed by atoms with Crippen molar-refractivity contribution in [1.82, 2.24) is 0 Å². The van der Waals surface area contributed by atoms with Gasteiger partial charge in [-0.15, -0.1) is 0 Å². The molecule has 0 nitrogen and oxygen atoms in total. The molecule has 0 aliphatic rings. The van der Waals surface area contributed by atoms with E-state index in [9.17, 15) is 4.39 Å². The Morgan fingerprint density at radius 3 is 1.79 bits per heavy atom. The summed E-state index contributed by atoms with van der Waals surface area (Å²) in [6.45, 7) is 0. The minimum Gasteiger partial charge on any atom is -0.207 e. The second-order valence-corrected chi connectivity index (χ2v) is 4.42. The van der Waals surface area contributed by atoms with E-state index in [1.165, 1.54) is 6.07 Å². The van der Waals surface area contributed by atoms with Crippen LogP contribution < -0.4 is 0 Å². The standard InChI is InChI=1S/C18H13F/c19-16-10-6-9-15(13-16)18-12-5-4-11-17(18)14-7-2-1-3-8-14/h1-13H. The van der Waals surface area contributed by atoms with E-state index >= 15 is 0 Å². The zero-order valence-corrected chi connectivity index (χ0v) is 10.4. The van der Waals surface area contributed by atoms with Crippen molar-refractivity contribution in [1.29, 1.82) is 0 Å². The maximum Gasteiger partial charge on any atom is 0.123 e. The van der Waals surface area contributed by atoms with Crippen molar-refractivity contribution in [3.8, 4) is 22.3 Å². The Morgan fingerprint density at radius 2 is 1.11 bits per heavy atom. The van der Waals surface area contributed by atoms with Gasteiger partial charge >= 0.3 is 0 Å². The highest BCUT2D eigenvalue weighted by molar-refractivity contribution is 5.83. The summed E-state index contributed by atoms with van der Waals surface area (Å²) < 4.78 is 13.4. The molecular weight excluding hydrogens is 235 g/mol. The fraction of sp³-hybridized carbons (Fsp3) is 0. The van der Waals surface area contributed by atoms with Crippen LogP contribution >= 0.6 is 0 Å². The molecule has 0 atom stereocenters. The average Bonchev–Trinajstić information content (AvgIpc) is 2.48. The summed E-state index contributed by atoms with van der Waals surface area (Å²) in [6.07, 6.45) is 0. The second-order valence-electron chi connectivity index (χ2n) is 4.42. The Labute approximate surface area is 112 Å². The Hall–Kier alpha value is -2.41. The summed E-state index contributed by atoms with van der Waals surface area (Å²) in [5.41, 5.74) is 4.21. The van der Waals surface area contributed by atoms with E-state index in [4.69, 9.17) is 0 Å². The summed E-state index contributed by atoms with van der Waals surface area (Å²) in [6, 6.07) is 24.9. The van der Waals surface area contributed by atoms with Crippen LogP contribution in [0.1, 0.15) is 0 Å². The smallest absolute Gasteiger partial charge is 0.123 e. The van der Waals surface area contributed by atoms with Crippen LogP contribution in [0.15, 0.2) is 78.9 Å². The third-order valence-electron chi connectivity index (χ3n) is 3.15. The largest absolute Gasteiger partial charge is 0.207 e. The predicted molar refractivity (Wildman–Crippen MR) is 77.3 cm³/mol. The summed E-state index contributed by atoms with van der Waals surface area (Å²) in [4.78, 5) is 0. The normalized spacial score (nSPS) is 10.4. The molecular formula is C18H13F. The molecule has 0 aliphatic heterocycles. The van der Waals surface area contributed by atoms with Gasteiger partial charge in [0.1, 0.15) is 5.82 Å². The maximum atomic E-state index is 13.4. The third kappa shape index (κ3) is 2.41. The van der Waals surface area contributed by atoms with Crippen LogP contribution in [0.3, 0.4) is 0 Å². The van der Waals surface area contributed by atoms with Crippen LogP contribution in [0, 0.1) is 5.82 Å². The molecule has 0 heterocycles. The lowest BCUT2D eigenvalue weighted by molar-refractivity contribution is 0.628. The van der Waals surface area contributed by atoms with E-state index in [1.807, 2.05) is 42.5 Å². The Balaban J connectivity index is 2.18. The van der Waals surface area contributed by atoms with E-state index in [0.29, 0.717) is 0 Å². The monoisotopic (exact) mass is 248 g/mol. The third-order valence-corrected chi connectivity index (χ3v) is 3.15. The average molecular weight is 248 g/mol. The molecule has 0 radical (unpaired) electrons. The van der Waals surface area contributed by atoms with Crippen LogP contribution in [-0.4, -0.2) is 0 Å². The lowest BCUT2D eigenvalue weighted by Gasteiger charge is -2.10. The van der Waals surface area contributed by atoms with Gasteiger partial charge in [0, 0.05) is 0 Å². The number of hydrogen-bond acceptors (Lipinski definition) is 0. The first-order valence-electron chi connectivity index (χ1n) is 6.25. The molecule has 0 amide bonds. The molecule has 92 valence electrons. The lowest BCUT2D eigenvalue weighted by Crippen LogP contribution is -1.85. The molecule has 1 heteroatoms. The van der Waals surface area contributed by atoms with Gasteiger partial charge < -0.3 is 0 Å². The van der Waals surface area contributed by atoms with Crippen LogP contribution in [0.5, 0.6) is 0 Å². The van der Waals surface area contributed by atoms with Gasteiger partial charge in [-0.3, -0.25) is 0 Å². The molecule has 0 saturated carbocycles. The van der Waals surface area contributed by atoms with Crippen molar-refractivity contribution in [2.45, 2.75) is 0 Å². The van der Waals surface area contributed by atoms with Gasteiger partial charge in [-0.05, 0) is 34.4 Å². The number of rotatable bonds is 2. The first kappa shape index (κ1) is 11.7. The van der Waals surface area contributed by atoms with Gasteiger partial charge in [0.25, 0.3) is 0 Å². The summed E-state index contributed by atoms with van der Waals surface area (Å²) in [5, 5.41) is 0. The van der Waals surface area contributed by atoms with Gasteiger partial charge in [0.05, 0.1) is 0 Å². The zero-order chi connectivity index (χ0) is 13.1.